The van der Waals surface area contributed by atoms with E-state index in [9.17, 15) is 18.5 Å². The van der Waals surface area contributed by atoms with Crippen molar-refractivity contribution in [3.05, 3.63) is 51.2 Å². The Morgan fingerprint density at radius 2 is 2.04 bits per heavy atom. The van der Waals surface area contributed by atoms with Gasteiger partial charge < -0.3 is 9.64 Å². The summed E-state index contributed by atoms with van der Waals surface area (Å²) in [5.74, 6) is 0.407. The van der Waals surface area contributed by atoms with Crippen LogP contribution in [0.4, 0.5) is 0 Å². The molecule has 1 aromatic rings. The molecule has 0 aromatic heterocycles. The minimum Gasteiger partial charge on any atom is -0.444 e. The van der Waals surface area contributed by atoms with Crippen LogP contribution in [0.2, 0.25) is 0 Å². The molecule has 0 amide bonds. The van der Waals surface area contributed by atoms with Crippen LogP contribution in [0.25, 0.3) is 0 Å². The van der Waals surface area contributed by atoms with Gasteiger partial charge >= 0.3 is 0 Å². The third kappa shape index (κ3) is 4.45. The maximum Gasteiger partial charge on any atom is 0.297 e. The minimum atomic E-state index is -3.88. The molecule has 0 N–H and O–H groups in total. The van der Waals surface area contributed by atoms with Gasteiger partial charge in [-0.2, -0.15) is 4.40 Å². The Hall–Kier alpha value is -2.07. The average Bonchev–Trinajstić information content (AvgIpc) is 2.91. The van der Waals surface area contributed by atoms with Gasteiger partial charge in [0.15, 0.2) is 0 Å². The Kier molecular flexibility index (Phi) is 5.26. The molecule has 10 heteroatoms. The highest BCUT2D eigenvalue weighted by atomic mass is 32.3. The van der Waals surface area contributed by atoms with Crippen molar-refractivity contribution in [3.8, 4) is 5.75 Å². The maximum atomic E-state index is 12.2. The van der Waals surface area contributed by atoms with Crippen LogP contribution in [0.15, 0.2) is 45.5 Å². The molecule has 0 bridgehead atoms. The Morgan fingerprint density at radius 1 is 1.39 bits per heavy atom. The van der Waals surface area contributed by atoms with E-state index in [1.165, 1.54) is 4.90 Å². The zero-order valence-electron chi connectivity index (χ0n) is 12.4. The van der Waals surface area contributed by atoms with Gasteiger partial charge in [0.25, 0.3) is 15.7 Å². The Morgan fingerprint density at radius 3 is 2.61 bits per heavy atom. The molecule has 1 aliphatic rings. The van der Waals surface area contributed by atoms with Gasteiger partial charge in [-0.1, -0.05) is 30.0 Å². The fraction of sp³-hybridized carbons (Fsp3) is 0.308. The molecule has 1 aromatic carbocycles. The van der Waals surface area contributed by atoms with Gasteiger partial charge in [0.2, 0.25) is 5.09 Å². The highest BCUT2D eigenvalue weighted by Crippen LogP contribution is 2.42. The molecule has 1 aliphatic heterocycles. The van der Waals surface area contributed by atoms with Crippen LogP contribution in [-0.2, 0) is 10.0 Å². The molecule has 2 rings (SSSR count). The normalized spacial score (nSPS) is 18.4. The van der Waals surface area contributed by atoms with Gasteiger partial charge in [-0.25, -0.2) is 8.42 Å². The van der Waals surface area contributed by atoms with E-state index in [0.717, 1.165) is 18.1 Å². The summed E-state index contributed by atoms with van der Waals surface area (Å²) in [4.78, 5) is 12.0. The molecule has 23 heavy (non-hydrogen) atoms. The number of nitro groups is 1. The molecular weight excluding hydrogens is 342 g/mol. The van der Waals surface area contributed by atoms with Crippen molar-refractivity contribution in [3.63, 3.8) is 0 Å². The summed E-state index contributed by atoms with van der Waals surface area (Å²) in [6, 6.07) is 8.49. The Bertz CT molecular complexity index is 744. The van der Waals surface area contributed by atoms with Gasteiger partial charge in [-0.3, -0.25) is 10.1 Å². The summed E-state index contributed by atoms with van der Waals surface area (Å²) < 4.78 is 32.2. The number of sulfonamides is 1. The van der Waals surface area contributed by atoms with Gasteiger partial charge in [0, 0.05) is 14.1 Å². The van der Waals surface area contributed by atoms with E-state index in [4.69, 9.17) is 4.74 Å². The number of ether oxygens (including phenoxy) is 1. The monoisotopic (exact) mass is 357 g/mol. The fourth-order valence-electron chi connectivity index (χ4n) is 1.69. The quantitative estimate of drug-likeness (QED) is 0.331. The lowest BCUT2D eigenvalue weighted by molar-refractivity contribution is -0.428. The lowest BCUT2D eigenvalue weighted by atomic mass is 10.3. The summed E-state index contributed by atoms with van der Waals surface area (Å²) >= 11 is 0.796. The van der Waals surface area contributed by atoms with Crippen LogP contribution in [0.3, 0.4) is 0 Å². The third-order valence-electron chi connectivity index (χ3n) is 2.77. The molecule has 0 saturated heterocycles. The van der Waals surface area contributed by atoms with E-state index < -0.39 is 19.5 Å². The van der Waals surface area contributed by atoms with E-state index in [2.05, 4.69) is 4.40 Å². The largest absolute Gasteiger partial charge is 0.444 e. The predicted octanol–water partition coefficient (Wildman–Crippen LogP) is 1.89. The summed E-state index contributed by atoms with van der Waals surface area (Å²) in [5, 5.41) is 11.1. The third-order valence-corrected chi connectivity index (χ3v) is 5.97. The number of para-hydroxylation sites is 1. The fourth-order valence-corrected chi connectivity index (χ4v) is 4.33. The summed E-state index contributed by atoms with van der Waals surface area (Å²) in [6.07, 6.45) is 0.894. The highest BCUT2D eigenvalue weighted by molar-refractivity contribution is 8.15. The average molecular weight is 357 g/mol. The highest BCUT2D eigenvalue weighted by Gasteiger charge is 2.42. The molecule has 0 spiro atoms. The van der Waals surface area contributed by atoms with Crippen LogP contribution in [-0.4, -0.2) is 43.3 Å². The van der Waals surface area contributed by atoms with Gasteiger partial charge in [0.05, 0.1) is 11.3 Å². The van der Waals surface area contributed by atoms with Crippen LogP contribution in [0.1, 0.15) is 6.42 Å². The van der Waals surface area contributed by atoms with Crippen LogP contribution in [0, 0.1) is 10.1 Å². The number of allylic oxidation sites excluding steroid dienone is 1. The topological polar surface area (TPSA) is 102 Å². The van der Waals surface area contributed by atoms with E-state index in [-0.39, 0.29) is 17.2 Å². The van der Waals surface area contributed by atoms with E-state index in [1.807, 2.05) is 0 Å². The second-order valence-electron chi connectivity index (χ2n) is 4.86. The molecule has 0 aliphatic carbocycles. The summed E-state index contributed by atoms with van der Waals surface area (Å²) in [6.45, 7) is 0. The number of benzene rings is 1. The van der Waals surface area contributed by atoms with Crippen LogP contribution >= 0.6 is 11.8 Å². The Balaban J connectivity index is 2.21. The second-order valence-corrected chi connectivity index (χ2v) is 8.14. The first-order chi connectivity index (χ1) is 10.8. The Labute approximate surface area is 138 Å². The number of hydrogen-bond acceptors (Lipinski definition) is 6. The number of thioether (sulfide) groups is 1. The van der Waals surface area contributed by atoms with Gasteiger partial charge in [-0.05, 0) is 12.1 Å². The van der Waals surface area contributed by atoms with Crippen molar-refractivity contribution in [1.82, 2.24) is 4.90 Å². The van der Waals surface area contributed by atoms with Gasteiger partial charge in [-0.15, -0.1) is 0 Å². The minimum absolute atomic E-state index is 0.0187. The molecule has 1 unspecified atom stereocenters. The molecule has 1 atom stereocenters. The van der Waals surface area contributed by atoms with E-state index >= 15 is 0 Å². The number of rotatable bonds is 6. The standard InChI is InChI=1S/C13H15N3O5S2/c1-15(2)9-14-23(19,20)12-8-11(16(17)18)13(22-12)21-10-6-4-3-5-7-10/h3-7,9,12H,8H2,1-2H3. The lowest BCUT2D eigenvalue weighted by Crippen LogP contribution is -2.17. The lowest BCUT2D eigenvalue weighted by Gasteiger charge is -2.08. The van der Waals surface area contributed by atoms with Crippen molar-refractivity contribution >= 4 is 28.1 Å². The van der Waals surface area contributed by atoms with E-state index in [1.54, 1.807) is 44.4 Å². The summed E-state index contributed by atoms with van der Waals surface area (Å²) in [5.41, 5.74) is -0.257. The van der Waals surface area contributed by atoms with E-state index in [0.29, 0.717) is 5.75 Å². The van der Waals surface area contributed by atoms with Crippen molar-refractivity contribution in [2.45, 2.75) is 11.0 Å². The number of hydrogen-bond donors (Lipinski definition) is 0. The van der Waals surface area contributed by atoms with Crippen LogP contribution in [0.5, 0.6) is 5.75 Å². The van der Waals surface area contributed by atoms with Gasteiger partial charge in [0.1, 0.15) is 16.7 Å². The maximum absolute atomic E-state index is 12.2. The molecule has 124 valence electrons. The first kappa shape index (κ1) is 17.3. The van der Waals surface area contributed by atoms with Crippen molar-refractivity contribution in [2.24, 2.45) is 4.40 Å². The molecule has 1 heterocycles. The summed E-state index contributed by atoms with van der Waals surface area (Å²) in [7, 11) is -0.621. The zero-order chi connectivity index (χ0) is 17.0. The van der Waals surface area contributed by atoms with Crippen LogP contribution < -0.4 is 4.74 Å². The molecule has 8 nitrogen and oxygen atoms in total. The first-order valence-corrected chi connectivity index (χ1v) is 8.90. The predicted molar refractivity (Wildman–Crippen MR) is 88.2 cm³/mol. The molecule has 0 fully saturated rings. The van der Waals surface area contributed by atoms with Crippen molar-refractivity contribution in [1.29, 1.82) is 0 Å². The van der Waals surface area contributed by atoms with Crippen molar-refractivity contribution in [2.75, 3.05) is 14.1 Å². The molecule has 0 radical (unpaired) electrons. The first-order valence-electron chi connectivity index (χ1n) is 6.52. The smallest absolute Gasteiger partial charge is 0.297 e. The van der Waals surface area contributed by atoms with Crippen molar-refractivity contribution < 1.29 is 18.1 Å². The second kappa shape index (κ2) is 7.01. The zero-order valence-corrected chi connectivity index (χ0v) is 14.1. The molecular formula is C13H15N3O5S2. The molecule has 0 saturated carbocycles. The number of nitrogens with zero attached hydrogens (tertiary/aromatic N) is 3. The SMILES string of the molecule is CN(C)C=NS(=O)(=O)C1CC([N+](=O)[O-])=C(Oc2ccccc2)S1.